The van der Waals surface area contributed by atoms with E-state index in [2.05, 4.69) is 40.2 Å². The molecule has 3 rings (SSSR count). The second-order valence-electron chi connectivity index (χ2n) is 5.58. The van der Waals surface area contributed by atoms with Crippen LogP contribution in [0.1, 0.15) is 24.0 Å². The molecular weight excluding hydrogens is 317 g/mol. The first kappa shape index (κ1) is 13.8. The molecule has 2 N–H and O–H groups in total. The summed E-state index contributed by atoms with van der Waals surface area (Å²) in [4.78, 5) is 0. The maximum absolute atomic E-state index is 13.3. The van der Waals surface area contributed by atoms with Crippen molar-refractivity contribution in [1.29, 1.82) is 0 Å². The largest absolute Gasteiger partial charge is 0.327 e. The molecule has 1 fully saturated rings. The smallest absolute Gasteiger partial charge is 0.137 e. The fourth-order valence-corrected chi connectivity index (χ4v) is 3.32. The lowest BCUT2D eigenvalue weighted by atomic mass is 9.85. The Morgan fingerprint density at radius 1 is 1.15 bits per heavy atom. The van der Waals surface area contributed by atoms with Crippen LogP contribution in [-0.2, 0) is 11.8 Å². The molecule has 1 nitrogen and oxygen atoms in total. The molecule has 0 bridgehead atoms. The van der Waals surface area contributed by atoms with Crippen LogP contribution in [0.2, 0.25) is 0 Å². The van der Waals surface area contributed by atoms with E-state index in [1.165, 1.54) is 11.6 Å². The Labute approximate surface area is 127 Å². The predicted octanol–water partition coefficient (Wildman–Crippen LogP) is 4.19. The normalized spacial score (nSPS) is 17.8. The van der Waals surface area contributed by atoms with E-state index in [0.29, 0.717) is 4.47 Å². The van der Waals surface area contributed by atoms with Crippen LogP contribution in [0.3, 0.4) is 0 Å². The van der Waals surface area contributed by atoms with Crippen molar-refractivity contribution < 1.29 is 4.39 Å². The summed E-state index contributed by atoms with van der Waals surface area (Å²) in [6, 6.07) is 15.7. The zero-order chi connectivity index (χ0) is 14.2. The van der Waals surface area contributed by atoms with Gasteiger partial charge in [-0.1, -0.05) is 36.4 Å². The van der Waals surface area contributed by atoms with Crippen molar-refractivity contribution in [2.45, 2.75) is 30.7 Å². The molecule has 20 heavy (non-hydrogen) atoms. The van der Waals surface area contributed by atoms with Crippen molar-refractivity contribution in [3.05, 3.63) is 69.9 Å². The number of nitrogens with two attached hydrogens (primary N) is 1. The molecular formula is C17H17BrFN. The quantitative estimate of drug-likeness (QED) is 0.891. The third-order valence-corrected chi connectivity index (χ3v) is 4.89. The minimum absolute atomic E-state index is 0.0715. The Balaban J connectivity index is 1.79. The number of halogens is 2. The van der Waals surface area contributed by atoms with Gasteiger partial charge in [-0.15, -0.1) is 0 Å². The minimum Gasteiger partial charge on any atom is -0.327 e. The molecule has 0 amide bonds. The molecule has 0 heterocycles. The molecule has 2 aromatic carbocycles. The fraction of sp³-hybridized carbons (Fsp3) is 0.294. The summed E-state index contributed by atoms with van der Waals surface area (Å²) in [7, 11) is 0. The first-order chi connectivity index (χ1) is 9.62. The Kier molecular flexibility index (Phi) is 3.65. The van der Waals surface area contributed by atoms with Gasteiger partial charge in [-0.25, -0.2) is 4.39 Å². The van der Waals surface area contributed by atoms with Crippen LogP contribution in [-0.4, -0.2) is 6.04 Å². The minimum atomic E-state index is -0.230. The van der Waals surface area contributed by atoms with Crippen LogP contribution in [0.15, 0.2) is 53.0 Å². The lowest BCUT2D eigenvalue weighted by molar-refractivity contribution is 0.513. The van der Waals surface area contributed by atoms with Crippen LogP contribution in [0.25, 0.3) is 0 Å². The zero-order valence-corrected chi connectivity index (χ0v) is 12.7. The first-order valence-electron chi connectivity index (χ1n) is 6.87. The molecule has 2 aromatic rings. The average molecular weight is 334 g/mol. The molecule has 1 saturated carbocycles. The number of hydrogen-bond acceptors (Lipinski definition) is 1. The molecule has 1 atom stereocenters. The number of rotatable bonds is 4. The van der Waals surface area contributed by atoms with Gasteiger partial charge in [0.1, 0.15) is 5.82 Å². The molecule has 104 valence electrons. The van der Waals surface area contributed by atoms with E-state index >= 15 is 0 Å². The SMILES string of the molecule is NC(Cc1ccc(F)c(Br)c1)C1(c2ccccc2)CC1. The second kappa shape index (κ2) is 5.30. The van der Waals surface area contributed by atoms with Gasteiger partial charge >= 0.3 is 0 Å². The van der Waals surface area contributed by atoms with E-state index in [4.69, 9.17) is 5.73 Å². The highest BCUT2D eigenvalue weighted by atomic mass is 79.9. The summed E-state index contributed by atoms with van der Waals surface area (Å²) >= 11 is 3.23. The van der Waals surface area contributed by atoms with E-state index < -0.39 is 0 Å². The van der Waals surface area contributed by atoms with Crippen molar-refractivity contribution in [3.63, 3.8) is 0 Å². The van der Waals surface area contributed by atoms with Crippen molar-refractivity contribution in [1.82, 2.24) is 0 Å². The summed E-state index contributed by atoms with van der Waals surface area (Å²) in [5, 5.41) is 0. The lowest BCUT2D eigenvalue weighted by Gasteiger charge is -2.24. The van der Waals surface area contributed by atoms with Crippen LogP contribution in [0.4, 0.5) is 4.39 Å². The highest BCUT2D eigenvalue weighted by Gasteiger charge is 2.48. The van der Waals surface area contributed by atoms with Crippen molar-refractivity contribution >= 4 is 15.9 Å². The van der Waals surface area contributed by atoms with Gasteiger partial charge in [-0.2, -0.15) is 0 Å². The molecule has 1 aliphatic carbocycles. The molecule has 0 aromatic heterocycles. The predicted molar refractivity (Wildman–Crippen MR) is 83.1 cm³/mol. The van der Waals surface area contributed by atoms with Crippen LogP contribution in [0, 0.1) is 5.82 Å². The van der Waals surface area contributed by atoms with Crippen molar-refractivity contribution in [2.75, 3.05) is 0 Å². The number of hydrogen-bond donors (Lipinski definition) is 1. The molecule has 3 heteroatoms. The number of benzene rings is 2. The second-order valence-corrected chi connectivity index (χ2v) is 6.44. The van der Waals surface area contributed by atoms with Gasteiger partial charge in [0.05, 0.1) is 4.47 Å². The lowest BCUT2D eigenvalue weighted by Crippen LogP contribution is -2.36. The summed E-state index contributed by atoms with van der Waals surface area (Å²) in [6.45, 7) is 0. The van der Waals surface area contributed by atoms with Gasteiger partial charge < -0.3 is 5.73 Å². The topological polar surface area (TPSA) is 26.0 Å². The molecule has 1 aliphatic rings. The van der Waals surface area contributed by atoms with Crippen LogP contribution >= 0.6 is 15.9 Å². The highest BCUT2D eigenvalue weighted by Crippen LogP contribution is 2.50. The molecule has 0 saturated heterocycles. The average Bonchev–Trinajstić information content (AvgIpc) is 3.26. The van der Waals surface area contributed by atoms with Gasteiger partial charge in [0.2, 0.25) is 0 Å². The summed E-state index contributed by atoms with van der Waals surface area (Å²) in [5.74, 6) is -0.230. The van der Waals surface area contributed by atoms with E-state index in [1.807, 2.05) is 18.2 Å². The molecule has 0 aliphatic heterocycles. The summed E-state index contributed by atoms with van der Waals surface area (Å²) < 4.78 is 13.8. The molecule has 1 unspecified atom stereocenters. The Bertz CT molecular complexity index is 608. The first-order valence-corrected chi connectivity index (χ1v) is 7.66. The maximum Gasteiger partial charge on any atom is 0.137 e. The Morgan fingerprint density at radius 3 is 2.45 bits per heavy atom. The third-order valence-electron chi connectivity index (χ3n) is 4.29. The van der Waals surface area contributed by atoms with Gasteiger partial charge in [0, 0.05) is 11.5 Å². The van der Waals surface area contributed by atoms with Crippen LogP contribution < -0.4 is 5.73 Å². The standard InChI is InChI=1S/C17H17BrFN/c18-14-10-12(6-7-15(14)19)11-16(20)17(8-9-17)13-4-2-1-3-5-13/h1-7,10,16H,8-9,11,20H2. The van der Waals surface area contributed by atoms with Gasteiger partial charge in [0.15, 0.2) is 0 Å². The monoisotopic (exact) mass is 333 g/mol. The van der Waals surface area contributed by atoms with Crippen LogP contribution in [0.5, 0.6) is 0 Å². The highest BCUT2D eigenvalue weighted by molar-refractivity contribution is 9.10. The zero-order valence-electron chi connectivity index (χ0n) is 11.2. The molecule has 0 radical (unpaired) electrons. The fourth-order valence-electron chi connectivity index (χ4n) is 2.89. The Hall–Kier alpha value is -1.19. The summed E-state index contributed by atoms with van der Waals surface area (Å²) in [5.41, 5.74) is 8.97. The van der Waals surface area contributed by atoms with Gasteiger partial charge in [-0.3, -0.25) is 0 Å². The Morgan fingerprint density at radius 2 is 1.85 bits per heavy atom. The van der Waals surface area contributed by atoms with E-state index in [1.54, 1.807) is 0 Å². The molecule has 0 spiro atoms. The van der Waals surface area contributed by atoms with E-state index in [-0.39, 0.29) is 17.3 Å². The van der Waals surface area contributed by atoms with Gasteiger partial charge in [0.25, 0.3) is 0 Å². The summed E-state index contributed by atoms with van der Waals surface area (Å²) in [6.07, 6.45) is 3.05. The third kappa shape index (κ3) is 2.52. The van der Waals surface area contributed by atoms with Crippen molar-refractivity contribution in [3.8, 4) is 0 Å². The van der Waals surface area contributed by atoms with E-state index in [9.17, 15) is 4.39 Å². The maximum atomic E-state index is 13.3. The van der Waals surface area contributed by atoms with Crippen molar-refractivity contribution in [2.24, 2.45) is 5.73 Å². The van der Waals surface area contributed by atoms with E-state index in [0.717, 1.165) is 24.8 Å². The van der Waals surface area contributed by atoms with Gasteiger partial charge in [-0.05, 0) is 58.5 Å².